The summed E-state index contributed by atoms with van der Waals surface area (Å²) < 4.78 is 44.3. The van der Waals surface area contributed by atoms with Crippen molar-refractivity contribution in [3.05, 3.63) is 64.7 Å². The molecule has 1 heterocycles. The predicted octanol–water partition coefficient (Wildman–Crippen LogP) is 3.97. The van der Waals surface area contributed by atoms with Crippen molar-refractivity contribution in [1.29, 1.82) is 0 Å². The molecule has 0 aromatic heterocycles. The molecular formula is C19H16F2O4. The van der Waals surface area contributed by atoms with E-state index < -0.39 is 17.6 Å². The molecule has 0 spiro atoms. The van der Waals surface area contributed by atoms with Crippen LogP contribution < -0.4 is 9.47 Å². The first kappa shape index (κ1) is 17.0. The van der Waals surface area contributed by atoms with Gasteiger partial charge in [-0.15, -0.1) is 0 Å². The van der Waals surface area contributed by atoms with Crippen molar-refractivity contribution < 1.29 is 27.8 Å². The Kier molecular flexibility index (Phi) is 4.44. The summed E-state index contributed by atoms with van der Waals surface area (Å²) >= 11 is 0. The summed E-state index contributed by atoms with van der Waals surface area (Å²) in [7, 11) is 2.60. The van der Waals surface area contributed by atoms with Gasteiger partial charge in [0.15, 0.2) is 0 Å². The van der Waals surface area contributed by atoms with E-state index in [4.69, 9.17) is 14.2 Å². The summed E-state index contributed by atoms with van der Waals surface area (Å²) in [6, 6.07) is 6.86. The van der Waals surface area contributed by atoms with Crippen LogP contribution in [0.2, 0.25) is 0 Å². The lowest BCUT2D eigenvalue weighted by atomic mass is 9.91. The Bertz CT molecular complexity index is 851. The van der Waals surface area contributed by atoms with Crippen molar-refractivity contribution in [2.24, 2.45) is 0 Å². The highest BCUT2D eigenvalue weighted by atomic mass is 19.1. The lowest BCUT2D eigenvalue weighted by molar-refractivity contribution is 0.0600. The zero-order valence-corrected chi connectivity index (χ0v) is 13.9. The Morgan fingerprint density at radius 2 is 1.80 bits per heavy atom. The zero-order chi connectivity index (χ0) is 18.1. The van der Waals surface area contributed by atoms with Gasteiger partial charge in [-0.3, -0.25) is 0 Å². The number of hydrogen-bond acceptors (Lipinski definition) is 4. The Morgan fingerprint density at radius 1 is 1.12 bits per heavy atom. The van der Waals surface area contributed by atoms with Crippen molar-refractivity contribution in [1.82, 2.24) is 0 Å². The van der Waals surface area contributed by atoms with Crippen molar-refractivity contribution in [3.63, 3.8) is 0 Å². The van der Waals surface area contributed by atoms with Gasteiger partial charge in [0.05, 0.1) is 25.3 Å². The smallest absolute Gasteiger partial charge is 0.337 e. The first-order valence-corrected chi connectivity index (χ1v) is 7.59. The number of hydrogen-bond donors (Lipinski definition) is 0. The van der Waals surface area contributed by atoms with E-state index in [1.807, 2.05) is 0 Å². The van der Waals surface area contributed by atoms with E-state index in [1.54, 1.807) is 25.1 Å². The Balaban J connectivity index is 2.19. The van der Waals surface area contributed by atoms with Gasteiger partial charge >= 0.3 is 5.97 Å². The van der Waals surface area contributed by atoms with Gasteiger partial charge in [-0.05, 0) is 36.8 Å². The van der Waals surface area contributed by atoms with Crippen LogP contribution in [0.15, 0.2) is 36.4 Å². The van der Waals surface area contributed by atoms with Gasteiger partial charge in [0, 0.05) is 17.7 Å². The van der Waals surface area contributed by atoms with E-state index >= 15 is 0 Å². The summed E-state index contributed by atoms with van der Waals surface area (Å²) in [4.78, 5) is 11.8. The fraction of sp³-hybridized carbons (Fsp3) is 0.211. The van der Waals surface area contributed by atoms with Crippen LogP contribution in [0.25, 0.3) is 5.57 Å². The van der Waals surface area contributed by atoms with E-state index in [0.717, 1.165) is 12.1 Å². The molecule has 0 aliphatic carbocycles. The SMILES string of the molecule is COC(=O)c1ccc2c(c1)C(c1c(F)cc(OC)cc1F)=CC(C)O2. The molecule has 3 rings (SSSR count). The molecule has 1 unspecified atom stereocenters. The summed E-state index contributed by atoms with van der Waals surface area (Å²) in [5, 5.41) is 0. The van der Waals surface area contributed by atoms with Crippen LogP contribution in [0, 0.1) is 11.6 Å². The minimum Gasteiger partial charge on any atom is -0.497 e. The Labute approximate surface area is 143 Å². The number of ether oxygens (including phenoxy) is 3. The first-order chi connectivity index (χ1) is 11.9. The Hall–Kier alpha value is -2.89. The summed E-state index contributed by atoms with van der Waals surface area (Å²) in [5.41, 5.74) is 0.806. The van der Waals surface area contributed by atoms with Gasteiger partial charge in [0.1, 0.15) is 29.2 Å². The molecule has 1 aliphatic rings. The maximum atomic E-state index is 14.5. The number of benzene rings is 2. The monoisotopic (exact) mass is 346 g/mol. The standard InChI is InChI=1S/C19H16F2O4/c1-10-6-14(18-15(20)8-12(23-2)9-16(18)21)13-7-11(19(22)24-3)4-5-17(13)25-10/h4-10H,1-3H3. The molecule has 1 atom stereocenters. The van der Waals surface area contributed by atoms with Gasteiger partial charge in [0.2, 0.25) is 0 Å². The average Bonchev–Trinajstić information content (AvgIpc) is 2.59. The van der Waals surface area contributed by atoms with E-state index in [1.165, 1.54) is 20.3 Å². The fourth-order valence-electron chi connectivity index (χ4n) is 2.79. The summed E-state index contributed by atoms with van der Waals surface area (Å²) in [6.07, 6.45) is 1.23. The first-order valence-electron chi connectivity index (χ1n) is 7.59. The lowest BCUT2D eigenvalue weighted by Crippen LogP contribution is -2.17. The molecule has 130 valence electrons. The van der Waals surface area contributed by atoms with Crippen LogP contribution in [0.5, 0.6) is 11.5 Å². The maximum Gasteiger partial charge on any atom is 0.337 e. The third-order valence-corrected chi connectivity index (χ3v) is 3.93. The number of rotatable bonds is 3. The van der Waals surface area contributed by atoms with E-state index in [2.05, 4.69) is 0 Å². The number of carbonyl (C=O) groups excluding carboxylic acids is 1. The topological polar surface area (TPSA) is 44.8 Å². The minimum atomic E-state index is -0.758. The van der Waals surface area contributed by atoms with Gasteiger partial charge < -0.3 is 14.2 Å². The molecule has 2 aromatic carbocycles. The van der Waals surface area contributed by atoms with Crippen LogP contribution >= 0.6 is 0 Å². The predicted molar refractivity (Wildman–Crippen MR) is 87.9 cm³/mol. The fourth-order valence-corrected chi connectivity index (χ4v) is 2.79. The second-order valence-corrected chi connectivity index (χ2v) is 5.57. The quantitative estimate of drug-likeness (QED) is 0.789. The summed E-state index contributed by atoms with van der Waals surface area (Å²) in [5.74, 6) is -1.54. The highest BCUT2D eigenvalue weighted by molar-refractivity contribution is 5.93. The molecular weight excluding hydrogens is 330 g/mol. The third kappa shape index (κ3) is 3.07. The second kappa shape index (κ2) is 6.55. The molecule has 0 fully saturated rings. The minimum absolute atomic E-state index is 0.0861. The normalized spacial score (nSPS) is 15.7. The Morgan fingerprint density at radius 3 is 2.40 bits per heavy atom. The molecule has 0 saturated carbocycles. The van der Waals surface area contributed by atoms with Crippen LogP contribution in [-0.4, -0.2) is 26.3 Å². The maximum absolute atomic E-state index is 14.5. The molecule has 2 aromatic rings. The molecule has 6 heteroatoms. The average molecular weight is 346 g/mol. The van der Waals surface area contributed by atoms with Crippen molar-refractivity contribution >= 4 is 11.5 Å². The van der Waals surface area contributed by atoms with Crippen LogP contribution in [-0.2, 0) is 4.74 Å². The number of halogens is 2. The number of esters is 1. The van der Waals surface area contributed by atoms with E-state index in [0.29, 0.717) is 16.9 Å². The lowest BCUT2D eigenvalue weighted by Gasteiger charge is -2.24. The number of methoxy groups -OCH3 is 2. The molecule has 0 N–H and O–H groups in total. The van der Waals surface area contributed by atoms with Crippen molar-refractivity contribution in [2.75, 3.05) is 14.2 Å². The molecule has 1 aliphatic heterocycles. The largest absolute Gasteiger partial charge is 0.497 e. The van der Waals surface area contributed by atoms with E-state index in [9.17, 15) is 13.6 Å². The molecule has 0 amide bonds. The highest BCUT2D eigenvalue weighted by Crippen LogP contribution is 2.39. The zero-order valence-electron chi connectivity index (χ0n) is 13.9. The third-order valence-electron chi connectivity index (χ3n) is 3.93. The molecule has 0 bridgehead atoms. The number of carbonyl (C=O) groups is 1. The van der Waals surface area contributed by atoms with Crippen LogP contribution in [0.3, 0.4) is 0 Å². The second-order valence-electron chi connectivity index (χ2n) is 5.57. The molecule has 0 saturated heterocycles. The summed E-state index contributed by atoms with van der Waals surface area (Å²) in [6.45, 7) is 1.76. The molecule has 25 heavy (non-hydrogen) atoms. The van der Waals surface area contributed by atoms with Gasteiger partial charge in [0.25, 0.3) is 0 Å². The molecule has 4 nitrogen and oxygen atoms in total. The van der Waals surface area contributed by atoms with Gasteiger partial charge in [-0.25, -0.2) is 13.6 Å². The van der Waals surface area contributed by atoms with Crippen LogP contribution in [0.4, 0.5) is 8.78 Å². The van der Waals surface area contributed by atoms with E-state index in [-0.39, 0.29) is 23.0 Å². The van der Waals surface area contributed by atoms with Gasteiger partial charge in [-0.1, -0.05) is 0 Å². The number of fused-ring (bicyclic) bond motifs is 1. The van der Waals surface area contributed by atoms with Crippen molar-refractivity contribution in [2.45, 2.75) is 13.0 Å². The van der Waals surface area contributed by atoms with Crippen LogP contribution in [0.1, 0.15) is 28.4 Å². The highest BCUT2D eigenvalue weighted by Gasteiger charge is 2.26. The van der Waals surface area contributed by atoms with Crippen molar-refractivity contribution in [3.8, 4) is 11.5 Å². The van der Waals surface area contributed by atoms with Gasteiger partial charge in [-0.2, -0.15) is 0 Å². The molecule has 0 radical (unpaired) electrons.